The predicted octanol–water partition coefficient (Wildman–Crippen LogP) is 0.521. The first-order valence-corrected chi connectivity index (χ1v) is 9.62. The van der Waals surface area contributed by atoms with E-state index < -0.39 is 0 Å². The molecule has 0 saturated carbocycles. The second-order valence-electron chi connectivity index (χ2n) is 7.15. The topological polar surface area (TPSA) is 69.2 Å². The SMILES string of the molecule is CCNC(=NCC1CCN(CCOC)CC1)NC1CCC(=O)N(C)C1. The zero-order chi connectivity index (χ0) is 18.1. The van der Waals surface area contributed by atoms with Gasteiger partial charge >= 0.3 is 0 Å². The largest absolute Gasteiger partial charge is 0.383 e. The van der Waals surface area contributed by atoms with Gasteiger partial charge in [0.2, 0.25) is 5.91 Å². The molecule has 0 aromatic rings. The summed E-state index contributed by atoms with van der Waals surface area (Å²) in [5.41, 5.74) is 0. The van der Waals surface area contributed by atoms with Gasteiger partial charge in [0, 0.05) is 52.8 Å². The summed E-state index contributed by atoms with van der Waals surface area (Å²) in [7, 11) is 3.63. The van der Waals surface area contributed by atoms with Crippen LogP contribution in [0.4, 0.5) is 0 Å². The van der Waals surface area contributed by atoms with Crippen LogP contribution in [0.3, 0.4) is 0 Å². The number of hydrogen-bond donors (Lipinski definition) is 2. The van der Waals surface area contributed by atoms with Crippen LogP contribution < -0.4 is 10.6 Å². The number of amides is 1. The minimum absolute atomic E-state index is 0.236. The van der Waals surface area contributed by atoms with E-state index in [4.69, 9.17) is 9.73 Å². The Morgan fingerprint density at radius 1 is 1.32 bits per heavy atom. The van der Waals surface area contributed by atoms with Crippen LogP contribution in [-0.2, 0) is 9.53 Å². The lowest BCUT2D eigenvalue weighted by Crippen LogP contribution is -2.51. The molecule has 2 fully saturated rings. The van der Waals surface area contributed by atoms with Crippen LogP contribution in [0.25, 0.3) is 0 Å². The van der Waals surface area contributed by atoms with Gasteiger partial charge in [-0.2, -0.15) is 0 Å². The third-order valence-electron chi connectivity index (χ3n) is 5.14. The molecule has 0 aromatic carbocycles. The summed E-state index contributed by atoms with van der Waals surface area (Å²) in [6.45, 7) is 8.69. The van der Waals surface area contributed by atoms with E-state index in [-0.39, 0.29) is 11.9 Å². The smallest absolute Gasteiger partial charge is 0.222 e. The molecule has 1 atom stereocenters. The molecule has 2 saturated heterocycles. The standard InChI is InChI=1S/C18H35N5O2/c1-4-19-18(21-16-5-6-17(24)22(2)14-16)20-13-15-7-9-23(10-8-15)11-12-25-3/h15-16H,4-14H2,1-3H3,(H2,19,20,21). The summed E-state index contributed by atoms with van der Waals surface area (Å²) >= 11 is 0. The van der Waals surface area contributed by atoms with Gasteiger partial charge in [0.1, 0.15) is 0 Å². The summed E-state index contributed by atoms with van der Waals surface area (Å²) in [5, 5.41) is 6.84. The van der Waals surface area contributed by atoms with Crippen molar-refractivity contribution in [2.24, 2.45) is 10.9 Å². The summed E-state index contributed by atoms with van der Waals surface area (Å²) in [4.78, 5) is 20.7. The number of nitrogens with zero attached hydrogens (tertiary/aromatic N) is 3. The summed E-state index contributed by atoms with van der Waals surface area (Å²) < 4.78 is 5.16. The number of hydrogen-bond acceptors (Lipinski definition) is 4. The highest BCUT2D eigenvalue weighted by molar-refractivity contribution is 5.81. The normalized spacial score (nSPS) is 23.8. The van der Waals surface area contributed by atoms with Gasteiger partial charge in [0.05, 0.1) is 6.61 Å². The maximum absolute atomic E-state index is 11.6. The van der Waals surface area contributed by atoms with E-state index in [1.807, 2.05) is 7.05 Å². The van der Waals surface area contributed by atoms with E-state index in [0.29, 0.717) is 12.3 Å². The molecule has 25 heavy (non-hydrogen) atoms. The molecule has 7 heteroatoms. The highest BCUT2D eigenvalue weighted by Gasteiger charge is 2.24. The van der Waals surface area contributed by atoms with Gasteiger partial charge in [0.25, 0.3) is 0 Å². The quantitative estimate of drug-likeness (QED) is 0.516. The molecule has 0 radical (unpaired) electrons. The second-order valence-corrected chi connectivity index (χ2v) is 7.15. The number of aliphatic imine (C=N–C) groups is 1. The summed E-state index contributed by atoms with van der Waals surface area (Å²) in [6, 6.07) is 0.288. The first-order valence-electron chi connectivity index (χ1n) is 9.62. The van der Waals surface area contributed by atoms with Crippen molar-refractivity contribution in [3.8, 4) is 0 Å². The van der Waals surface area contributed by atoms with Crippen LogP contribution >= 0.6 is 0 Å². The van der Waals surface area contributed by atoms with Crippen LogP contribution in [-0.4, -0.2) is 87.7 Å². The van der Waals surface area contributed by atoms with Crippen molar-refractivity contribution >= 4 is 11.9 Å². The highest BCUT2D eigenvalue weighted by Crippen LogP contribution is 2.17. The molecule has 7 nitrogen and oxygen atoms in total. The van der Waals surface area contributed by atoms with Gasteiger partial charge in [-0.25, -0.2) is 0 Å². The van der Waals surface area contributed by atoms with E-state index in [1.165, 1.54) is 12.8 Å². The molecule has 0 spiro atoms. The summed E-state index contributed by atoms with van der Waals surface area (Å²) in [6.07, 6.45) is 3.90. The number of likely N-dealkylation sites (N-methyl/N-ethyl adjacent to an activating group) is 1. The van der Waals surface area contributed by atoms with Crippen LogP contribution in [0.2, 0.25) is 0 Å². The number of guanidine groups is 1. The monoisotopic (exact) mass is 353 g/mol. The third kappa shape index (κ3) is 6.82. The van der Waals surface area contributed by atoms with E-state index in [9.17, 15) is 4.79 Å². The molecule has 2 heterocycles. The Bertz CT molecular complexity index is 435. The molecule has 2 rings (SSSR count). The van der Waals surface area contributed by atoms with Crippen molar-refractivity contribution in [2.75, 3.05) is 60.0 Å². The number of likely N-dealkylation sites (tertiary alicyclic amines) is 2. The van der Waals surface area contributed by atoms with Crippen LogP contribution in [0.15, 0.2) is 4.99 Å². The van der Waals surface area contributed by atoms with Crippen molar-refractivity contribution < 1.29 is 9.53 Å². The Hall–Kier alpha value is -1.34. The zero-order valence-corrected chi connectivity index (χ0v) is 16.1. The molecule has 144 valence electrons. The van der Waals surface area contributed by atoms with Crippen LogP contribution in [0.1, 0.15) is 32.6 Å². The van der Waals surface area contributed by atoms with Crippen molar-refractivity contribution in [3.63, 3.8) is 0 Å². The van der Waals surface area contributed by atoms with Gasteiger partial charge in [-0.1, -0.05) is 0 Å². The molecule has 0 aromatic heterocycles. The van der Waals surface area contributed by atoms with Crippen molar-refractivity contribution in [1.29, 1.82) is 0 Å². The lowest BCUT2D eigenvalue weighted by Gasteiger charge is -2.32. The number of nitrogens with one attached hydrogen (secondary N) is 2. The molecule has 0 bridgehead atoms. The van der Waals surface area contributed by atoms with E-state index >= 15 is 0 Å². The second kappa shape index (κ2) is 10.6. The Labute approximate surface area is 152 Å². The molecule has 2 aliphatic heterocycles. The lowest BCUT2D eigenvalue weighted by atomic mass is 9.97. The lowest BCUT2D eigenvalue weighted by molar-refractivity contribution is -0.132. The van der Waals surface area contributed by atoms with Gasteiger partial charge in [-0.05, 0) is 45.2 Å². The fraction of sp³-hybridized carbons (Fsp3) is 0.889. The first kappa shape index (κ1) is 20.0. The minimum atomic E-state index is 0.236. The molecular weight excluding hydrogens is 318 g/mol. The minimum Gasteiger partial charge on any atom is -0.383 e. The van der Waals surface area contributed by atoms with Crippen LogP contribution in [0, 0.1) is 5.92 Å². The molecule has 1 amide bonds. The number of carbonyl (C=O) groups excluding carboxylic acids is 1. The van der Waals surface area contributed by atoms with E-state index in [2.05, 4.69) is 22.5 Å². The predicted molar refractivity (Wildman–Crippen MR) is 101 cm³/mol. The fourth-order valence-corrected chi connectivity index (χ4v) is 3.48. The number of carbonyl (C=O) groups is 1. The highest BCUT2D eigenvalue weighted by atomic mass is 16.5. The van der Waals surface area contributed by atoms with Gasteiger partial charge in [-0.15, -0.1) is 0 Å². The van der Waals surface area contributed by atoms with Crippen molar-refractivity contribution in [2.45, 2.75) is 38.6 Å². The number of rotatable bonds is 7. The molecular formula is C18H35N5O2. The zero-order valence-electron chi connectivity index (χ0n) is 16.1. The van der Waals surface area contributed by atoms with Crippen molar-refractivity contribution in [1.82, 2.24) is 20.4 Å². The van der Waals surface area contributed by atoms with E-state index in [1.54, 1.807) is 12.0 Å². The number of piperidine rings is 2. The average molecular weight is 354 g/mol. The Morgan fingerprint density at radius 3 is 2.72 bits per heavy atom. The van der Waals surface area contributed by atoms with Crippen molar-refractivity contribution in [3.05, 3.63) is 0 Å². The van der Waals surface area contributed by atoms with Gasteiger partial charge in [-0.3, -0.25) is 9.79 Å². The van der Waals surface area contributed by atoms with Crippen LogP contribution in [0.5, 0.6) is 0 Å². The molecule has 2 N–H and O–H groups in total. The molecule has 1 unspecified atom stereocenters. The average Bonchev–Trinajstić information content (AvgIpc) is 2.62. The molecule has 0 aliphatic carbocycles. The fourth-order valence-electron chi connectivity index (χ4n) is 3.48. The molecule has 2 aliphatic rings. The third-order valence-corrected chi connectivity index (χ3v) is 5.14. The Kier molecular flexibility index (Phi) is 8.48. The maximum Gasteiger partial charge on any atom is 0.222 e. The first-order chi connectivity index (χ1) is 12.1. The number of methoxy groups -OCH3 is 1. The number of ether oxygens (including phenoxy) is 1. The summed E-state index contributed by atoms with van der Waals surface area (Å²) in [5.74, 6) is 1.78. The Morgan fingerprint density at radius 2 is 2.08 bits per heavy atom. The van der Waals surface area contributed by atoms with Gasteiger partial charge in [0.15, 0.2) is 5.96 Å². The maximum atomic E-state index is 11.6. The van der Waals surface area contributed by atoms with E-state index in [0.717, 1.165) is 58.3 Å². The Balaban J connectivity index is 1.77. The van der Waals surface area contributed by atoms with Gasteiger partial charge < -0.3 is 25.2 Å².